The molecule has 0 atom stereocenters. The van der Waals surface area contributed by atoms with Gasteiger partial charge in [-0.15, -0.1) is 0 Å². The minimum atomic E-state index is -4.52. The number of nitrogens with one attached hydrogen (secondary N) is 2. The lowest BCUT2D eigenvalue weighted by atomic mass is 10.2. The van der Waals surface area contributed by atoms with E-state index in [0.29, 0.717) is 10.2 Å². The monoisotopic (exact) mass is 377 g/mol. The fourth-order valence-electron chi connectivity index (χ4n) is 1.72. The van der Waals surface area contributed by atoms with Crippen LogP contribution in [-0.2, 0) is 19.8 Å². The standard InChI is InChI=1S/C12H11BrF3N5O/c1-21-10(7(4-19-21)12(14,15)16)6-18-11(22)20-9-2-3-17-5-8(9)13/h2-5H,6H2,1H3,(H2,17,18,20,22). The molecule has 2 aromatic rings. The van der Waals surface area contributed by atoms with Crippen LogP contribution < -0.4 is 10.6 Å². The number of carbonyl (C=O) groups excluding carboxylic acids is 1. The number of carbonyl (C=O) groups is 1. The van der Waals surface area contributed by atoms with Crippen LogP contribution in [0.5, 0.6) is 0 Å². The van der Waals surface area contributed by atoms with Gasteiger partial charge in [-0.2, -0.15) is 18.3 Å². The van der Waals surface area contributed by atoms with Crippen LogP contribution in [0.25, 0.3) is 0 Å². The Kier molecular flexibility index (Phi) is 4.69. The second kappa shape index (κ2) is 6.34. The Hall–Kier alpha value is -2.10. The van der Waals surface area contributed by atoms with E-state index in [2.05, 4.69) is 36.6 Å². The maximum atomic E-state index is 12.8. The first-order chi connectivity index (χ1) is 10.3. The normalized spacial score (nSPS) is 11.3. The molecule has 0 unspecified atom stereocenters. The highest BCUT2D eigenvalue weighted by molar-refractivity contribution is 9.10. The van der Waals surface area contributed by atoms with Crippen LogP contribution in [0, 0.1) is 0 Å². The number of aryl methyl sites for hydroxylation is 1. The number of rotatable bonds is 3. The van der Waals surface area contributed by atoms with Crippen LogP contribution >= 0.6 is 15.9 Å². The summed E-state index contributed by atoms with van der Waals surface area (Å²) in [6.45, 7) is -0.306. The highest BCUT2D eigenvalue weighted by atomic mass is 79.9. The van der Waals surface area contributed by atoms with Crippen molar-refractivity contribution < 1.29 is 18.0 Å². The fraction of sp³-hybridized carbons (Fsp3) is 0.250. The summed E-state index contributed by atoms with van der Waals surface area (Å²) in [4.78, 5) is 15.6. The van der Waals surface area contributed by atoms with Crippen molar-refractivity contribution in [2.24, 2.45) is 7.05 Å². The third kappa shape index (κ3) is 3.75. The van der Waals surface area contributed by atoms with Crippen LogP contribution in [-0.4, -0.2) is 20.8 Å². The molecule has 0 aliphatic heterocycles. The summed E-state index contributed by atoms with van der Waals surface area (Å²) in [5.74, 6) is 0. The quantitative estimate of drug-likeness (QED) is 0.863. The molecule has 2 N–H and O–H groups in total. The van der Waals surface area contributed by atoms with Crippen LogP contribution in [0.15, 0.2) is 29.1 Å². The summed E-state index contributed by atoms with van der Waals surface area (Å²) in [6.07, 6.45) is -0.827. The summed E-state index contributed by atoms with van der Waals surface area (Å²) in [7, 11) is 1.38. The smallest absolute Gasteiger partial charge is 0.332 e. The molecular formula is C12H11BrF3N5O. The van der Waals surface area contributed by atoms with Gasteiger partial charge < -0.3 is 10.6 Å². The van der Waals surface area contributed by atoms with E-state index in [4.69, 9.17) is 0 Å². The Balaban J connectivity index is 2.03. The first-order valence-corrected chi connectivity index (χ1v) is 6.80. The van der Waals surface area contributed by atoms with Gasteiger partial charge in [-0.3, -0.25) is 9.67 Å². The van der Waals surface area contributed by atoms with Gasteiger partial charge in [-0.25, -0.2) is 4.79 Å². The van der Waals surface area contributed by atoms with Gasteiger partial charge in [0.2, 0.25) is 0 Å². The number of amides is 2. The minimum absolute atomic E-state index is 0.128. The number of urea groups is 1. The number of aromatic nitrogens is 3. The molecule has 2 heterocycles. The molecule has 0 saturated carbocycles. The SMILES string of the molecule is Cn1ncc(C(F)(F)F)c1CNC(=O)Nc1ccncc1Br. The fourth-order valence-corrected chi connectivity index (χ4v) is 2.07. The van der Waals surface area contributed by atoms with Crippen LogP contribution in [0.3, 0.4) is 0 Å². The summed E-state index contributed by atoms with van der Waals surface area (Å²) < 4.78 is 40.0. The predicted octanol–water partition coefficient (Wildman–Crippen LogP) is 2.92. The number of alkyl halides is 3. The number of anilines is 1. The molecule has 0 fully saturated rings. The van der Waals surface area contributed by atoms with E-state index < -0.39 is 17.8 Å². The van der Waals surface area contributed by atoms with Gasteiger partial charge in [0.1, 0.15) is 0 Å². The Morgan fingerprint density at radius 2 is 2.14 bits per heavy atom. The molecule has 2 aromatic heterocycles. The lowest BCUT2D eigenvalue weighted by Gasteiger charge is -2.11. The Morgan fingerprint density at radius 1 is 1.41 bits per heavy atom. The maximum absolute atomic E-state index is 12.8. The van der Waals surface area contributed by atoms with Crippen molar-refractivity contribution in [2.75, 3.05) is 5.32 Å². The highest BCUT2D eigenvalue weighted by Crippen LogP contribution is 2.31. The van der Waals surface area contributed by atoms with Crippen molar-refractivity contribution >= 4 is 27.6 Å². The van der Waals surface area contributed by atoms with E-state index in [0.717, 1.165) is 10.9 Å². The summed E-state index contributed by atoms with van der Waals surface area (Å²) in [5, 5.41) is 8.43. The Morgan fingerprint density at radius 3 is 2.77 bits per heavy atom. The molecule has 0 aliphatic carbocycles. The molecule has 0 radical (unpaired) electrons. The lowest BCUT2D eigenvalue weighted by molar-refractivity contribution is -0.138. The Bertz CT molecular complexity index is 686. The summed E-state index contributed by atoms with van der Waals surface area (Å²) >= 11 is 3.20. The van der Waals surface area contributed by atoms with Gasteiger partial charge in [0, 0.05) is 19.4 Å². The third-order valence-corrected chi connectivity index (χ3v) is 3.44. The number of hydrogen-bond acceptors (Lipinski definition) is 3. The van der Waals surface area contributed by atoms with Crippen molar-refractivity contribution in [3.8, 4) is 0 Å². The van der Waals surface area contributed by atoms with Crippen molar-refractivity contribution in [1.29, 1.82) is 0 Å². The van der Waals surface area contributed by atoms with Crippen molar-refractivity contribution in [3.63, 3.8) is 0 Å². The van der Waals surface area contributed by atoms with Gasteiger partial charge >= 0.3 is 12.2 Å². The number of pyridine rings is 1. The maximum Gasteiger partial charge on any atom is 0.419 e. The van der Waals surface area contributed by atoms with Crippen LogP contribution in [0.4, 0.5) is 23.7 Å². The molecule has 22 heavy (non-hydrogen) atoms. The number of nitrogens with zero attached hydrogens (tertiary/aromatic N) is 3. The average molecular weight is 378 g/mol. The molecule has 6 nitrogen and oxygen atoms in total. The van der Waals surface area contributed by atoms with E-state index in [1.54, 1.807) is 6.07 Å². The minimum Gasteiger partial charge on any atom is -0.332 e. The number of hydrogen-bond donors (Lipinski definition) is 2. The van der Waals surface area contributed by atoms with Gasteiger partial charge in [-0.1, -0.05) is 0 Å². The molecule has 2 amide bonds. The zero-order valence-electron chi connectivity index (χ0n) is 11.3. The highest BCUT2D eigenvalue weighted by Gasteiger charge is 2.35. The second-order valence-electron chi connectivity index (χ2n) is 4.29. The molecule has 0 saturated heterocycles. The van der Waals surface area contributed by atoms with Crippen molar-refractivity contribution in [3.05, 3.63) is 40.4 Å². The summed E-state index contributed by atoms with van der Waals surface area (Å²) in [5.41, 5.74) is -0.551. The zero-order valence-corrected chi connectivity index (χ0v) is 12.9. The molecule has 2 rings (SSSR count). The van der Waals surface area contributed by atoms with E-state index in [1.165, 1.54) is 19.4 Å². The second-order valence-corrected chi connectivity index (χ2v) is 5.14. The molecule has 10 heteroatoms. The molecule has 118 valence electrons. The largest absolute Gasteiger partial charge is 0.419 e. The van der Waals surface area contributed by atoms with Gasteiger partial charge in [-0.05, 0) is 22.0 Å². The van der Waals surface area contributed by atoms with E-state index >= 15 is 0 Å². The molecule has 0 aromatic carbocycles. The van der Waals surface area contributed by atoms with E-state index in [1.807, 2.05) is 0 Å². The first kappa shape index (κ1) is 16.3. The molecule has 0 spiro atoms. The third-order valence-electron chi connectivity index (χ3n) is 2.80. The topological polar surface area (TPSA) is 71.8 Å². The van der Waals surface area contributed by atoms with Crippen LogP contribution in [0.1, 0.15) is 11.3 Å². The van der Waals surface area contributed by atoms with Crippen molar-refractivity contribution in [1.82, 2.24) is 20.1 Å². The first-order valence-electron chi connectivity index (χ1n) is 6.01. The molecule has 0 bridgehead atoms. The Labute approximate surface area is 131 Å². The van der Waals surface area contributed by atoms with E-state index in [9.17, 15) is 18.0 Å². The average Bonchev–Trinajstić information content (AvgIpc) is 2.80. The predicted molar refractivity (Wildman–Crippen MR) is 76.0 cm³/mol. The summed E-state index contributed by atoms with van der Waals surface area (Å²) in [6, 6.07) is 0.913. The van der Waals surface area contributed by atoms with Crippen molar-refractivity contribution in [2.45, 2.75) is 12.7 Å². The van der Waals surface area contributed by atoms with Gasteiger partial charge in [0.25, 0.3) is 0 Å². The molecule has 0 aliphatic rings. The molecular weight excluding hydrogens is 367 g/mol. The lowest BCUT2D eigenvalue weighted by Crippen LogP contribution is -2.30. The van der Waals surface area contributed by atoms with Gasteiger partial charge in [0.05, 0.1) is 34.2 Å². The van der Waals surface area contributed by atoms with Crippen LogP contribution in [0.2, 0.25) is 0 Å². The van der Waals surface area contributed by atoms with Gasteiger partial charge in [0.15, 0.2) is 0 Å². The number of halogens is 4. The van der Waals surface area contributed by atoms with E-state index in [-0.39, 0.29) is 12.2 Å². The zero-order chi connectivity index (χ0) is 16.3.